The fraction of sp³-hybridized carbons (Fsp3) is 0.286. The van der Waals surface area contributed by atoms with Gasteiger partial charge in [-0.1, -0.05) is 6.07 Å². The molecule has 0 aliphatic carbocycles. The molecule has 1 fully saturated rings. The summed E-state index contributed by atoms with van der Waals surface area (Å²) in [5.41, 5.74) is 0.134. The number of hydrogen-bond acceptors (Lipinski definition) is 5. The Hall–Kier alpha value is -2.77. The number of halogens is 1. The molecule has 8 heteroatoms. The quantitative estimate of drug-likeness (QED) is 0.656. The van der Waals surface area contributed by atoms with Gasteiger partial charge < -0.3 is 9.21 Å². The van der Waals surface area contributed by atoms with Crippen LogP contribution in [0.25, 0.3) is 11.1 Å². The van der Waals surface area contributed by atoms with Crippen molar-refractivity contribution in [1.29, 1.82) is 0 Å². The summed E-state index contributed by atoms with van der Waals surface area (Å²) in [7, 11) is 0. The van der Waals surface area contributed by atoms with Gasteiger partial charge in [0.15, 0.2) is 11.4 Å². The molecule has 1 atom stereocenters. The van der Waals surface area contributed by atoms with Crippen LogP contribution in [0.3, 0.4) is 0 Å². The Morgan fingerprint density at radius 3 is 2.82 bits per heavy atom. The lowest BCUT2D eigenvalue weighted by molar-refractivity contribution is -0.135. The number of carbonyl (C=O) groups is 3. The van der Waals surface area contributed by atoms with Gasteiger partial charge >= 0.3 is 5.76 Å². The topological polar surface area (TPSA) is 98.4 Å². The van der Waals surface area contributed by atoms with Crippen molar-refractivity contribution in [1.82, 2.24) is 9.88 Å². The second kappa shape index (κ2) is 5.21. The molecule has 0 saturated carbocycles. The predicted octanol–water partition coefficient (Wildman–Crippen LogP) is 0.453. The molecule has 2 heterocycles. The number of nitrogens with one attached hydrogen (secondary N) is 1. The number of rotatable bonds is 3. The molecule has 1 aliphatic heterocycles. The number of carbonyl (C=O) groups excluding carboxylic acids is 3. The van der Waals surface area contributed by atoms with E-state index in [1.807, 2.05) is 0 Å². The molecule has 1 aromatic heterocycles. The van der Waals surface area contributed by atoms with E-state index in [2.05, 4.69) is 5.32 Å². The lowest BCUT2D eigenvalue weighted by Gasteiger charge is -2.21. The first-order chi connectivity index (χ1) is 10.5. The van der Waals surface area contributed by atoms with Crippen molar-refractivity contribution in [2.45, 2.75) is 25.3 Å². The molecule has 7 nitrogen and oxygen atoms in total. The number of piperidine rings is 1. The summed E-state index contributed by atoms with van der Waals surface area (Å²) in [5, 5.41) is 2.11. The molecule has 2 aromatic rings. The maximum atomic E-state index is 14.1. The number of aldehydes is 1. The van der Waals surface area contributed by atoms with Crippen LogP contribution in [0, 0.1) is 5.82 Å². The van der Waals surface area contributed by atoms with Crippen LogP contribution in [-0.4, -0.2) is 22.7 Å². The minimum absolute atomic E-state index is 0.0426. The van der Waals surface area contributed by atoms with Gasteiger partial charge in [0.05, 0.1) is 0 Å². The highest BCUT2D eigenvalue weighted by molar-refractivity contribution is 6.00. The number of hydrogen-bond donors (Lipinski definition) is 1. The van der Waals surface area contributed by atoms with Crippen molar-refractivity contribution in [2.75, 3.05) is 0 Å². The van der Waals surface area contributed by atoms with Crippen LogP contribution in [0.4, 0.5) is 4.39 Å². The Balaban J connectivity index is 2.22. The van der Waals surface area contributed by atoms with Crippen molar-refractivity contribution in [3.63, 3.8) is 0 Å². The third-order valence-corrected chi connectivity index (χ3v) is 3.62. The normalized spacial score (nSPS) is 18.5. The highest BCUT2D eigenvalue weighted by Crippen LogP contribution is 2.27. The minimum atomic E-state index is -1.02. The zero-order valence-corrected chi connectivity index (χ0v) is 11.3. The number of nitrogens with zero attached hydrogens (tertiary/aromatic N) is 1. The van der Waals surface area contributed by atoms with Gasteiger partial charge in [0.25, 0.3) is 0 Å². The van der Waals surface area contributed by atoms with Gasteiger partial charge in [-0.15, -0.1) is 0 Å². The summed E-state index contributed by atoms with van der Waals surface area (Å²) in [6, 6.07) is 1.44. The lowest BCUT2D eigenvalue weighted by atomic mass is 10.1. The molecule has 0 radical (unpaired) electrons. The maximum absolute atomic E-state index is 14.1. The summed E-state index contributed by atoms with van der Waals surface area (Å²) >= 11 is 0. The first kappa shape index (κ1) is 14.2. The molecule has 114 valence electrons. The van der Waals surface area contributed by atoms with E-state index in [4.69, 9.17) is 4.42 Å². The van der Waals surface area contributed by atoms with Gasteiger partial charge in [0, 0.05) is 18.4 Å². The Morgan fingerprint density at radius 1 is 1.36 bits per heavy atom. The lowest BCUT2D eigenvalue weighted by Crippen LogP contribution is -2.43. The van der Waals surface area contributed by atoms with E-state index in [0.29, 0.717) is 11.8 Å². The van der Waals surface area contributed by atoms with Crippen LogP contribution in [0.1, 0.15) is 24.4 Å². The molecular formula is C14H11FN2O5. The largest absolute Gasteiger partial charge is 0.420 e. The van der Waals surface area contributed by atoms with Crippen molar-refractivity contribution >= 4 is 29.2 Å². The monoisotopic (exact) mass is 306 g/mol. The molecule has 3 rings (SSSR count). The summed E-state index contributed by atoms with van der Waals surface area (Å²) < 4.78 is 20.1. The smallest absolute Gasteiger partial charge is 0.407 e. The van der Waals surface area contributed by atoms with Crippen molar-refractivity contribution in [3.8, 4) is 0 Å². The fourth-order valence-corrected chi connectivity index (χ4v) is 2.62. The number of aromatic nitrogens is 1. The molecule has 1 aromatic carbocycles. The zero-order chi connectivity index (χ0) is 15.9. The van der Waals surface area contributed by atoms with Crippen molar-refractivity contribution in [3.05, 3.63) is 34.1 Å². The molecule has 22 heavy (non-hydrogen) atoms. The molecule has 1 unspecified atom stereocenters. The Bertz CT molecular complexity index is 851. The molecule has 1 aliphatic rings. The average Bonchev–Trinajstić information content (AvgIpc) is 2.81. The fourth-order valence-electron chi connectivity index (χ4n) is 2.62. The Kier molecular flexibility index (Phi) is 3.36. The second-order valence-electron chi connectivity index (χ2n) is 4.96. The third kappa shape index (κ3) is 2.12. The SMILES string of the molecule is O=CCc1ccc(F)c2c1oc(=O)n2C1CCC(=O)NC1=O. The van der Waals surface area contributed by atoms with Crippen molar-refractivity contribution < 1.29 is 23.2 Å². The van der Waals surface area contributed by atoms with Crippen LogP contribution in [0.5, 0.6) is 0 Å². The first-order valence-electron chi connectivity index (χ1n) is 6.62. The number of benzene rings is 1. The Morgan fingerprint density at radius 2 is 2.14 bits per heavy atom. The highest BCUT2D eigenvalue weighted by atomic mass is 19.1. The average molecular weight is 306 g/mol. The molecule has 0 bridgehead atoms. The van der Waals surface area contributed by atoms with Crippen LogP contribution < -0.4 is 11.1 Å². The van der Waals surface area contributed by atoms with E-state index in [1.54, 1.807) is 0 Å². The van der Waals surface area contributed by atoms with Gasteiger partial charge in [-0.2, -0.15) is 0 Å². The summed E-state index contributed by atoms with van der Waals surface area (Å²) in [4.78, 5) is 45.8. The second-order valence-corrected chi connectivity index (χ2v) is 4.96. The van der Waals surface area contributed by atoms with Crippen LogP contribution in [-0.2, 0) is 20.8 Å². The van der Waals surface area contributed by atoms with E-state index in [-0.39, 0.29) is 30.4 Å². The van der Waals surface area contributed by atoms with E-state index >= 15 is 0 Å². The standard InChI is InChI=1S/C14H11FN2O5/c15-8-2-1-7(5-6-18)12-11(8)17(14(21)22-12)9-3-4-10(19)16-13(9)20/h1-2,6,9H,3-5H2,(H,16,19,20). The third-order valence-electron chi connectivity index (χ3n) is 3.62. The van der Waals surface area contributed by atoms with Crippen molar-refractivity contribution in [2.24, 2.45) is 0 Å². The van der Waals surface area contributed by atoms with Gasteiger partial charge in [-0.25, -0.2) is 9.18 Å². The molecule has 0 spiro atoms. The van der Waals surface area contributed by atoms with Crippen LogP contribution in [0.2, 0.25) is 0 Å². The zero-order valence-electron chi connectivity index (χ0n) is 11.3. The van der Waals surface area contributed by atoms with Gasteiger partial charge in [0.1, 0.15) is 17.8 Å². The highest BCUT2D eigenvalue weighted by Gasteiger charge is 2.32. The molecule has 1 N–H and O–H groups in total. The summed E-state index contributed by atoms with van der Waals surface area (Å²) in [5.74, 6) is -2.76. The number of fused-ring (bicyclic) bond motifs is 1. The number of imide groups is 1. The Labute approximate surface area is 122 Å². The first-order valence-corrected chi connectivity index (χ1v) is 6.62. The molecule has 2 amide bonds. The van der Waals surface area contributed by atoms with E-state index in [1.165, 1.54) is 6.07 Å². The van der Waals surface area contributed by atoms with Gasteiger partial charge in [-0.3, -0.25) is 19.5 Å². The molecular weight excluding hydrogens is 295 g/mol. The number of oxazole rings is 1. The predicted molar refractivity (Wildman–Crippen MR) is 71.6 cm³/mol. The minimum Gasteiger partial charge on any atom is -0.407 e. The number of amides is 2. The van der Waals surface area contributed by atoms with E-state index in [9.17, 15) is 23.6 Å². The van der Waals surface area contributed by atoms with Crippen LogP contribution >= 0.6 is 0 Å². The summed E-state index contributed by atoms with van der Waals surface area (Å²) in [6.45, 7) is 0. The maximum Gasteiger partial charge on any atom is 0.420 e. The van der Waals surface area contributed by atoms with Gasteiger partial charge in [-0.05, 0) is 12.5 Å². The van der Waals surface area contributed by atoms with Crippen LogP contribution in [0.15, 0.2) is 21.3 Å². The van der Waals surface area contributed by atoms with E-state index < -0.39 is 29.4 Å². The molecule has 1 saturated heterocycles. The van der Waals surface area contributed by atoms with Gasteiger partial charge in [0.2, 0.25) is 11.8 Å². The van der Waals surface area contributed by atoms with E-state index in [0.717, 1.165) is 10.6 Å². The summed E-state index contributed by atoms with van der Waals surface area (Å²) in [6.07, 6.45) is 0.691.